The predicted molar refractivity (Wildman–Crippen MR) is 98.3 cm³/mol. The van der Waals surface area contributed by atoms with E-state index in [4.69, 9.17) is 9.26 Å². The average molecular weight is 364 g/mol. The van der Waals surface area contributed by atoms with Crippen LogP contribution in [0.3, 0.4) is 0 Å². The summed E-state index contributed by atoms with van der Waals surface area (Å²) in [5.74, 6) is 2.23. The van der Waals surface area contributed by atoms with Crippen LogP contribution in [-0.2, 0) is 19.4 Å². The van der Waals surface area contributed by atoms with Crippen LogP contribution in [-0.4, -0.2) is 39.6 Å². The predicted octanol–water partition coefficient (Wildman–Crippen LogP) is 2.90. The minimum absolute atomic E-state index is 0.0823. The molecular formula is C20H20N4O3. The Labute approximate surface area is 157 Å². The molecule has 1 aliphatic heterocycles. The number of aromatic nitrogens is 3. The van der Waals surface area contributed by atoms with Gasteiger partial charge in [0, 0.05) is 42.9 Å². The van der Waals surface area contributed by atoms with Crippen molar-refractivity contribution in [2.75, 3.05) is 13.7 Å². The SMILES string of the molecule is CCc1ncc(C(=O)N2CCc3onc(-c4cccc(OC)c4)c3C2)cn1. The zero-order valence-electron chi connectivity index (χ0n) is 15.3. The Morgan fingerprint density at radius 1 is 1.30 bits per heavy atom. The van der Waals surface area contributed by atoms with Crippen LogP contribution in [0.4, 0.5) is 0 Å². The maximum Gasteiger partial charge on any atom is 0.257 e. The summed E-state index contributed by atoms with van der Waals surface area (Å²) in [6, 6.07) is 7.66. The number of hydrogen-bond acceptors (Lipinski definition) is 6. The summed E-state index contributed by atoms with van der Waals surface area (Å²) in [6.07, 6.45) is 4.57. The number of benzene rings is 1. The van der Waals surface area contributed by atoms with Crippen molar-refractivity contribution in [3.8, 4) is 17.0 Å². The second-order valence-corrected chi connectivity index (χ2v) is 6.38. The second-order valence-electron chi connectivity index (χ2n) is 6.38. The molecule has 1 amide bonds. The van der Waals surface area contributed by atoms with Crippen molar-refractivity contribution in [1.29, 1.82) is 0 Å². The molecule has 0 aliphatic carbocycles. The summed E-state index contributed by atoms with van der Waals surface area (Å²) in [7, 11) is 1.63. The third-order valence-corrected chi connectivity index (χ3v) is 4.73. The molecule has 4 rings (SSSR count). The lowest BCUT2D eigenvalue weighted by atomic mass is 10.0. The Balaban J connectivity index is 1.60. The molecule has 3 heterocycles. The van der Waals surface area contributed by atoms with Gasteiger partial charge in [0.1, 0.15) is 23.0 Å². The first-order valence-electron chi connectivity index (χ1n) is 8.91. The summed E-state index contributed by atoms with van der Waals surface area (Å²) in [5, 5.41) is 4.24. The Morgan fingerprint density at radius 3 is 2.85 bits per heavy atom. The van der Waals surface area contributed by atoms with Gasteiger partial charge in [-0.1, -0.05) is 24.2 Å². The van der Waals surface area contributed by atoms with E-state index in [1.807, 2.05) is 31.2 Å². The van der Waals surface area contributed by atoms with Crippen LogP contribution in [0, 0.1) is 0 Å². The zero-order chi connectivity index (χ0) is 18.8. The van der Waals surface area contributed by atoms with Gasteiger partial charge in [-0.2, -0.15) is 0 Å². The maximum absolute atomic E-state index is 12.9. The zero-order valence-corrected chi connectivity index (χ0v) is 15.3. The topological polar surface area (TPSA) is 81.4 Å². The second kappa shape index (κ2) is 7.19. The maximum atomic E-state index is 12.9. The Hall–Kier alpha value is -3.22. The van der Waals surface area contributed by atoms with Crippen LogP contribution < -0.4 is 4.74 Å². The van der Waals surface area contributed by atoms with Crippen LogP contribution in [0.2, 0.25) is 0 Å². The highest BCUT2D eigenvalue weighted by molar-refractivity contribution is 5.93. The summed E-state index contributed by atoms with van der Waals surface area (Å²) in [6.45, 7) is 3.00. The van der Waals surface area contributed by atoms with Gasteiger partial charge in [0.2, 0.25) is 0 Å². The summed E-state index contributed by atoms with van der Waals surface area (Å²) in [4.78, 5) is 23.1. The van der Waals surface area contributed by atoms with Crippen molar-refractivity contribution in [3.63, 3.8) is 0 Å². The normalized spacial score (nSPS) is 13.3. The van der Waals surface area contributed by atoms with Crippen molar-refractivity contribution in [3.05, 3.63) is 59.4 Å². The van der Waals surface area contributed by atoms with Gasteiger partial charge < -0.3 is 14.2 Å². The van der Waals surface area contributed by atoms with Gasteiger partial charge >= 0.3 is 0 Å². The molecule has 27 heavy (non-hydrogen) atoms. The molecule has 7 heteroatoms. The molecule has 0 spiro atoms. The molecule has 0 saturated heterocycles. The first-order chi connectivity index (χ1) is 13.2. The third kappa shape index (κ3) is 3.28. The van der Waals surface area contributed by atoms with E-state index < -0.39 is 0 Å². The molecule has 3 aromatic rings. The monoisotopic (exact) mass is 364 g/mol. The van der Waals surface area contributed by atoms with Crippen molar-refractivity contribution >= 4 is 5.91 Å². The molecule has 138 valence electrons. The fourth-order valence-corrected chi connectivity index (χ4v) is 3.21. The van der Waals surface area contributed by atoms with E-state index in [9.17, 15) is 4.79 Å². The van der Waals surface area contributed by atoms with Crippen LogP contribution in [0.5, 0.6) is 5.75 Å². The van der Waals surface area contributed by atoms with E-state index in [1.54, 1.807) is 24.4 Å². The van der Waals surface area contributed by atoms with Crippen molar-refractivity contribution < 1.29 is 14.1 Å². The van der Waals surface area contributed by atoms with E-state index in [1.165, 1.54) is 0 Å². The number of carbonyl (C=O) groups excluding carboxylic acids is 1. The van der Waals surface area contributed by atoms with E-state index in [0.717, 1.165) is 40.6 Å². The van der Waals surface area contributed by atoms with E-state index in [0.29, 0.717) is 25.1 Å². The van der Waals surface area contributed by atoms with Gasteiger partial charge in [-0.25, -0.2) is 9.97 Å². The number of aryl methyl sites for hydroxylation is 1. The lowest BCUT2D eigenvalue weighted by Gasteiger charge is -2.26. The number of hydrogen-bond donors (Lipinski definition) is 0. The molecule has 0 atom stereocenters. The Bertz CT molecular complexity index is 966. The number of nitrogens with zero attached hydrogens (tertiary/aromatic N) is 4. The number of carbonyl (C=O) groups is 1. The van der Waals surface area contributed by atoms with Crippen molar-refractivity contribution in [1.82, 2.24) is 20.0 Å². The molecule has 0 fully saturated rings. The fourth-order valence-electron chi connectivity index (χ4n) is 3.21. The van der Waals surface area contributed by atoms with Gasteiger partial charge in [0.25, 0.3) is 5.91 Å². The molecule has 1 aliphatic rings. The highest BCUT2D eigenvalue weighted by atomic mass is 16.5. The lowest BCUT2D eigenvalue weighted by molar-refractivity contribution is 0.0728. The first kappa shape index (κ1) is 17.2. The molecule has 0 unspecified atom stereocenters. The molecule has 0 saturated carbocycles. The quantitative estimate of drug-likeness (QED) is 0.708. The lowest BCUT2D eigenvalue weighted by Crippen LogP contribution is -2.35. The minimum Gasteiger partial charge on any atom is -0.497 e. The number of ether oxygens (including phenoxy) is 1. The van der Waals surface area contributed by atoms with Crippen molar-refractivity contribution in [2.45, 2.75) is 26.3 Å². The number of amides is 1. The van der Waals surface area contributed by atoms with Gasteiger partial charge in [0.15, 0.2) is 0 Å². The number of rotatable bonds is 4. The largest absolute Gasteiger partial charge is 0.497 e. The molecule has 0 radical (unpaired) electrons. The van der Waals surface area contributed by atoms with Gasteiger partial charge in [-0.15, -0.1) is 0 Å². The molecule has 7 nitrogen and oxygen atoms in total. The number of methoxy groups -OCH3 is 1. The standard InChI is InChI=1S/C20H20N4O3/c1-3-18-21-10-14(11-22-18)20(25)24-8-7-17-16(12-24)19(23-27-17)13-5-4-6-15(9-13)26-2/h4-6,9-11H,3,7-8,12H2,1-2H3. The fraction of sp³-hybridized carbons (Fsp3) is 0.300. The highest BCUT2D eigenvalue weighted by Gasteiger charge is 2.28. The number of fused-ring (bicyclic) bond motifs is 1. The molecule has 0 bridgehead atoms. The smallest absolute Gasteiger partial charge is 0.257 e. The van der Waals surface area contributed by atoms with Crippen LogP contribution >= 0.6 is 0 Å². The summed E-state index contributed by atoms with van der Waals surface area (Å²) < 4.78 is 10.8. The van der Waals surface area contributed by atoms with Crippen LogP contribution in [0.1, 0.15) is 34.4 Å². The van der Waals surface area contributed by atoms with E-state index >= 15 is 0 Å². The van der Waals surface area contributed by atoms with Gasteiger partial charge in [-0.05, 0) is 12.1 Å². The van der Waals surface area contributed by atoms with Crippen molar-refractivity contribution in [2.24, 2.45) is 0 Å². The molecule has 1 aromatic carbocycles. The van der Waals surface area contributed by atoms with Gasteiger partial charge in [0.05, 0.1) is 19.2 Å². The highest BCUT2D eigenvalue weighted by Crippen LogP contribution is 2.32. The summed E-state index contributed by atoms with van der Waals surface area (Å²) >= 11 is 0. The first-order valence-corrected chi connectivity index (χ1v) is 8.91. The minimum atomic E-state index is -0.0823. The molecule has 0 N–H and O–H groups in total. The third-order valence-electron chi connectivity index (χ3n) is 4.73. The molecular weight excluding hydrogens is 344 g/mol. The van der Waals surface area contributed by atoms with Crippen LogP contribution in [0.15, 0.2) is 41.2 Å². The average Bonchev–Trinajstić information content (AvgIpc) is 3.16. The van der Waals surface area contributed by atoms with E-state index in [2.05, 4.69) is 15.1 Å². The van der Waals surface area contributed by atoms with Crippen LogP contribution in [0.25, 0.3) is 11.3 Å². The Morgan fingerprint density at radius 2 is 2.11 bits per heavy atom. The molecule has 2 aromatic heterocycles. The van der Waals surface area contributed by atoms with E-state index in [-0.39, 0.29) is 5.91 Å². The van der Waals surface area contributed by atoms with Gasteiger partial charge in [-0.3, -0.25) is 4.79 Å². The summed E-state index contributed by atoms with van der Waals surface area (Å²) in [5.41, 5.74) is 3.09. The Kier molecular flexibility index (Phi) is 4.58.